The lowest BCUT2D eigenvalue weighted by molar-refractivity contribution is 0.0503. The van der Waals surface area contributed by atoms with E-state index in [0.717, 1.165) is 34.6 Å². The van der Waals surface area contributed by atoms with Gasteiger partial charge in [0.05, 0.1) is 6.04 Å². The number of hydrogen-bond donors (Lipinski definition) is 2. The quantitative estimate of drug-likeness (QED) is 0.457. The first-order valence-corrected chi connectivity index (χ1v) is 11.5. The van der Waals surface area contributed by atoms with E-state index in [0.29, 0.717) is 0 Å². The highest BCUT2D eigenvalue weighted by atomic mass is 79.9. The molecule has 2 atom stereocenters. The number of amides is 1. The summed E-state index contributed by atoms with van der Waals surface area (Å²) in [7, 11) is 0. The smallest absolute Gasteiger partial charge is 0.408 e. The van der Waals surface area contributed by atoms with Crippen LogP contribution in [0.15, 0.2) is 45.3 Å². The van der Waals surface area contributed by atoms with Crippen molar-refractivity contribution in [2.45, 2.75) is 64.1 Å². The molecule has 4 nitrogen and oxygen atoms in total. The Morgan fingerprint density at radius 3 is 2.17 bits per heavy atom. The van der Waals surface area contributed by atoms with Crippen molar-refractivity contribution in [3.05, 3.63) is 67.6 Å². The van der Waals surface area contributed by atoms with E-state index in [9.17, 15) is 4.79 Å². The minimum absolute atomic E-state index is 0.0722. The molecule has 2 aromatic carbocycles. The Balaban J connectivity index is 0.000000186. The number of carbonyl (C=O) groups is 1. The topological polar surface area (TPSA) is 64.3 Å². The van der Waals surface area contributed by atoms with Crippen molar-refractivity contribution in [3.63, 3.8) is 0 Å². The number of benzene rings is 2. The number of fused-ring (bicyclic) bond motifs is 2. The third kappa shape index (κ3) is 6.06. The molecule has 0 aromatic heterocycles. The summed E-state index contributed by atoms with van der Waals surface area (Å²) >= 11 is 6.91. The summed E-state index contributed by atoms with van der Waals surface area (Å²) in [6.45, 7) is 5.60. The van der Waals surface area contributed by atoms with Crippen LogP contribution < -0.4 is 11.1 Å². The van der Waals surface area contributed by atoms with Crippen LogP contribution in [0.5, 0.6) is 0 Å². The van der Waals surface area contributed by atoms with E-state index >= 15 is 0 Å². The van der Waals surface area contributed by atoms with Gasteiger partial charge in [0.15, 0.2) is 0 Å². The lowest BCUT2D eigenvalue weighted by atomic mass is 10.1. The predicted molar refractivity (Wildman–Crippen MR) is 124 cm³/mol. The van der Waals surface area contributed by atoms with Gasteiger partial charge >= 0.3 is 6.09 Å². The maximum Gasteiger partial charge on any atom is 0.408 e. The van der Waals surface area contributed by atoms with Crippen LogP contribution in [0.3, 0.4) is 0 Å². The van der Waals surface area contributed by atoms with E-state index in [1.807, 2.05) is 26.8 Å². The minimum atomic E-state index is -0.453. The second-order valence-electron chi connectivity index (χ2n) is 8.57. The van der Waals surface area contributed by atoms with Crippen LogP contribution in [0.1, 0.15) is 68.0 Å². The lowest BCUT2D eigenvalue weighted by Crippen LogP contribution is -2.34. The monoisotopic (exact) mass is 522 g/mol. The molecule has 2 unspecified atom stereocenters. The Kier molecular flexibility index (Phi) is 7.07. The van der Waals surface area contributed by atoms with Crippen molar-refractivity contribution in [1.82, 2.24) is 5.32 Å². The fraction of sp³-hybridized carbons (Fsp3) is 0.435. The lowest BCUT2D eigenvalue weighted by Gasteiger charge is -2.22. The first kappa shape index (κ1) is 22.3. The van der Waals surface area contributed by atoms with Gasteiger partial charge in [0.1, 0.15) is 5.60 Å². The van der Waals surface area contributed by atoms with Crippen LogP contribution in [0.25, 0.3) is 0 Å². The number of carbonyl (C=O) groups excluding carboxylic acids is 1. The Hall–Kier alpha value is -1.37. The number of rotatable bonds is 1. The molecule has 6 heteroatoms. The van der Waals surface area contributed by atoms with Gasteiger partial charge in [0, 0.05) is 15.0 Å². The Bertz CT molecular complexity index is 893. The standard InChI is InChI=1S/C14H18BrNO2.C9H10BrN/c1-14(2,3)18-13(17)16-12-7-4-9-8-10(15)5-6-11(9)12;10-7-2-3-8-6(5-7)1-4-9(8)11/h5-6,8,12H,4,7H2,1-3H3,(H,16,17);2-3,5,9H,1,4,11H2. The average Bonchev–Trinajstić information content (AvgIpc) is 3.17. The van der Waals surface area contributed by atoms with Gasteiger partial charge in [-0.3, -0.25) is 0 Å². The van der Waals surface area contributed by atoms with Crippen molar-refractivity contribution < 1.29 is 9.53 Å². The average molecular weight is 524 g/mol. The summed E-state index contributed by atoms with van der Waals surface area (Å²) in [5.41, 5.74) is 10.7. The summed E-state index contributed by atoms with van der Waals surface area (Å²) < 4.78 is 7.52. The molecule has 3 N–H and O–H groups in total. The second-order valence-corrected chi connectivity index (χ2v) is 10.4. The molecule has 156 valence electrons. The van der Waals surface area contributed by atoms with Crippen LogP contribution >= 0.6 is 31.9 Å². The second kappa shape index (κ2) is 9.19. The minimum Gasteiger partial charge on any atom is -0.444 e. The Morgan fingerprint density at radius 2 is 1.55 bits per heavy atom. The van der Waals surface area contributed by atoms with E-state index < -0.39 is 5.60 Å². The predicted octanol–water partition coefficient (Wildman–Crippen LogP) is 6.36. The van der Waals surface area contributed by atoms with Gasteiger partial charge in [-0.1, -0.05) is 44.0 Å². The normalized spacial score (nSPS) is 19.7. The summed E-state index contributed by atoms with van der Waals surface area (Å²) in [5.74, 6) is 0. The zero-order chi connectivity index (χ0) is 21.2. The van der Waals surface area contributed by atoms with Crippen LogP contribution in [0.4, 0.5) is 4.79 Å². The van der Waals surface area contributed by atoms with Gasteiger partial charge in [-0.05, 0) is 93.0 Å². The van der Waals surface area contributed by atoms with Gasteiger partial charge < -0.3 is 15.8 Å². The van der Waals surface area contributed by atoms with Gasteiger partial charge in [0.2, 0.25) is 0 Å². The molecular weight excluding hydrogens is 496 g/mol. The molecule has 2 aromatic rings. The van der Waals surface area contributed by atoms with E-state index in [2.05, 4.69) is 67.5 Å². The molecule has 0 heterocycles. The third-order valence-corrected chi connectivity index (χ3v) is 6.09. The van der Waals surface area contributed by atoms with Crippen molar-refractivity contribution in [2.24, 2.45) is 5.73 Å². The molecule has 0 bridgehead atoms. The largest absolute Gasteiger partial charge is 0.444 e. The Morgan fingerprint density at radius 1 is 1.00 bits per heavy atom. The molecule has 0 saturated heterocycles. The number of nitrogens with one attached hydrogen (secondary N) is 1. The van der Waals surface area contributed by atoms with E-state index in [-0.39, 0.29) is 18.2 Å². The molecule has 0 spiro atoms. The molecule has 0 radical (unpaired) electrons. The zero-order valence-electron chi connectivity index (χ0n) is 17.1. The van der Waals surface area contributed by atoms with Gasteiger partial charge in [-0.25, -0.2) is 4.79 Å². The molecule has 1 amide bonds. The zero-order valence-corrected chi connectivity index (χ0v) is 20.3. The van der Waals surface area contributed by atoms with Gasteiger partial charge in [-0.2, -0.15) is 0 Å². The van der Waals surface area contributed by atoms with E-state index in [1.54, 1.807) is 0 Å². The molecule has 0 fully saturated rings. The fourth-order valence-corrected chi connectivity index (χ4v) is 4.62. The molecule has 4 rings (SSSR count). The van der Waals surface area contributed by atoms with Crippen molar-refractivity contribution in [1.29, 1.82) is 0 Å². The number of ether oxygens (including phenoxy) is 1. The van der Waals surface area contributed by atoms with Crippen LogP contribution in [-0.2, 0) is 17.6 Å². The highest BCUT2D eigenvalue weighted by Gasteiger charge is 2.26. The van der Waals surface area contributed by atoms with Gasteiger partial charge in [0.25, 0.3) is 0 Å². The highest BCUT2D eigenvalue weighted by molar-refractivity contribution is 9.10. The van der Waals surface area contributed by atoms with Crippen LogP contribution in [-0.4, -0.2) is 11.7 Å². The first-order chi connectivity index (χ1) is 13.6. The van der Waals surface area contributed by atoms with Crippen molar-refractivity contribution in [2.75, 3.05) is 0 Å². The molecule has 0 aliphatic heterocycles. The molecule has 2 aliphatic rings. The summed E-state index contributed by atoms with van der Waals surface area (Å²) in [5, 5.41) is 2.93. The van der Waals surface area contributed by atoms with Gasteiger partial charge in [-0.15, -0.1) is 0 Å². The number of aryl methyl sites for hydroxylation is 2. The summed E-state index contributed by atoms with van der Waals surface area (Å²) in [6, 6.07) is 12.9. The fourth-order valence-electron chi connectivity index (χ4n) is 3.80. The number of alkyl carbamates (subject to hydrolysis) is 1. The van der Waals surface area contributed by atoms with E-state index in [1.165, 1.54) is 22.3 Å². The maximum atomic E-state index is 11.7. The summed E-state index contributed by atoms with van der Waals surface area (Å²) in [6.07, 6.45) is 3.82. The highest BCUT2D eigenvalue weighted by Crippen LogP contribution is 2.33. The molecule has 29 heavy (non-hydrogen) atoms. The van der Waals surface area contributed by atoms with Crippen molar-refractivity contribution in [3.8, 4) is 0 Å². The van der Waals surface area contributed by atoms with Crippen LogP contribution in [0, 0.1) is 0 Å². The Labute approximate surface area is 189 Å². The SMILES string of the molecule is CC(C)(C)OC(=O)NC1CCc2cc(Br)ccc21.NC1CCc2cc(Br)ccc21. The third-order valence-electron chi connectivity index (χ3n) is 5.10. The summed E-state index contributed by atoms with van der Waals surface area (Å²) in [4.78, 5) is 11.7. The molecular formula is C23H28Br2N2O2. The van der Waals surface area contributed by atoms with Crippen LogP contribution in [0.2, 0.25) is 0 Å². The number of nitrogens with two attached hydrogens (primary N) is 1. The van der Waals surface area contributed by atoms with Crippen molar-refractivity contribution >= 4 is 38.0 Å². The maximum absolute atomic E-state index is 11.7. The molecule has 2 aliphatic carbocycles. The van der Waals surface area contributed by atoms with E-state index in [4.69, 9.17) is 10.5 Å². The molecule has 0 saturated carbocycles. The number of hydrogen-bond acceptors (Lipinski definition) is 3. The number of halogens is 2. The first-order valence-electron chi connectivity index (χ1n) is 9.94.